The van der Waals surface area contributed by atoms with Gasteiger partial charge in [0.25, 0.3) is 5.91 Å². The van der Waals surface area contributed by atoms with Crippen LogP contribution in [0.15, 0.2) is 82.5 Å². The van der Waals surface area contributed by atoms with Gasteiger partial charge >= 0.3 is 0 Å². The Bertz CT molecular complexity index is 1640. The number of ether oxygens (including phenoxy) is 3. The Morgan fingerprint density at radius 3 is 2.32 bits per heavy atom. The lowest BCUT2D eigenvalue weighted by atomic mass is 9.94. The van der Waals surface area contributed by atoms with Crippen LogP contribution >= 0.6 is 0 Å². The van der Waals surface area contributed by atoms with Gasteiger partial charge in [0.05, 0.1) is 44.6 Å². The van der Waals surface area contributed by atoms with Crippen LogP contribution in [0.3, 0.4) is 0 Å². The molecule has 0 radical (unpaired) electrons. The second-order valence-electron chi connectivity index (χ2n) is 8.43. The molecule has 0 spiro atoms. The van der Waals surface area contributed by atoms with Gasteiger partial charge in [-0.15, -0.1) is 0 Å². The zero-order valence-electron chi connectivity index (χ0n) is 20.7. The summed E-state index contributed by atoms with van der Waals surface area (Å²) in [6.45, 7) is 0. The van der Waals surface area contributed by atoms with Crippen molar-refractivity contribution in [2.45, 2.75) is 6.04 Å². The van der Waals surface area contributed by atoms with Crippen molar-refractivity contribution in [3.8, 4) is 23.3 Å². The van der Waals surface area contributed by atoms with Gasteiger partial charge in [0, 0.05) is 11.1 Å². The largest absolute Gasteiger partial charge is 0.503 e. The number of para-hydroxylation sites is 1. The highest BCUT2D eigenvalue weighted by Gasteiger charge is 2.45. The summed E-state index contributed by atoms with van der Waals surface area (Å²) in [5.41, 5.74) is 1.47. The van der Waals surface area contributed by atoms with Crippen molar-refractivity contribution in [2.75, 3.05) is 26.2 Å². The fourth-order valence-electron chi connectivity index (χ4n) is 4.58. The van der Waals surface area contributed by atoms with Crippen molar-refractivity contribution in [3.05, 3.63) is 94.9 Å². The van der Waals surface area contributed by atoms with E-state index in [1.807, 2.05) is 6.07 Å². The first-order chi connectivity index (χ1) is 18.4. The lowest BCUT2D eigenvalue weighted by Crippen LogP contribution is -2.31. The molecule has 9 heteroatoms. The Labute approximate surface area is 217 Å². The summed E-state index contributed by atoms with van der Waals surface area (Å²) in [6.07, 6.45) is 0. The number of rotatable bonds is 7. The molecule has 2 heterocycles. The zero-order valence-corrected chi connectivity index (χ0v) is 20.7. The smallest absolute Gasteiger partial charge is 0.294 e. The first-order valence-electron chi connectivity index (χ1n) is 11.5. The monoisotopic (exact) mass is 510 g/mol. The average Bonchev–Trinajstić information content (AvgIpc) is 3.51. The van der Waals surface area contributed by atoms with E-state index >= 15 is 0 Å². The lowest BCUT2D eigenvalue weighted by Gasteiger charge is -2.27. The van der Waals surface area contributed by atoms with Gasteiger partial charge in [-0.2, -0.15) is 5.26 Å². The predicted molar refractivity (Wildman–Crippen MR) is 138 cm³/mol. The zero-order chi connectivity index (χ0) is 27.0. The van der Waals surface area contributed by atoms with Crippen LogP contribution in [-0.4, -0.2) is 38.1 Å². The van der Waals surface area contributed by atoms with Crippen LogP contribution in [0.5, 0.6) is 17.2 Å². The molecule has 1 atom stereocenters. The molecule has 1 amide bonds. The lowest BCUT2D eigenvalue weighted by molar-refractivity contribution is -0.117. The molecule has 1 unspecified atom stereocenters. The van der Waals surface area contributed by atoms with E-state index in [0.29, 0.717) is 45.0 Å². The molecule has 0 saturated heterocycles. The highest BCUT2D eigenvalue weighted by molar-refractivity contribution is 6.20. The number of carbonyl (C=O) groups is 2. The number of amides is 1. The summed E-state index contributed by atoms with van der Waals surface area (Å²) < 4.78 is 22.0. The highest BCUT2D eigenvalue weighted by Crippen LogP contribution is 2.44. The topological polar surface area (TPSA) is 122 Å². The summed E-state index contributed by atoms with van der Waals surface area (Å²) >= 11 is 0. The van der Waals surface area contributed by atoms with Crippen molar-refractivity contribution < 1.29 is 33.3 Å². The minimum Gasteiger partial charge on any atom is -0.503 e. The van der Waals surface area contributed by atoms with E-state index in [0.717, 1.165) is 0 Å². The molecule has 190 valence electrons. The number of anilines is 1. The number of nitrogens with zero attached hydrogens (tertiary/aromatic N) is 2. The minimum atomic E-state index is -1.03. The van der Waals surface area contributed by atoms with Crippen LogP contribution in [0.2, 0.25) is 0 Å². The molecule has 0 saturated carbocycles. The van der Waals surface area contributed by atoms with E-state index in [-0.39, 0.29) is 11.3 Å². The quantitative estimate of drug-likeness (QED) is 0.340. The van der Waals surface area contributed by atoms with Crippen LogP contribution in [0.1, 0.15) is 27.7 Å². The van der Waals surface area contributed by atoms with Crippen LogP contribution in [0.25, 0.3) is 11.0 Å². The second-order valence-corrected chi connectivity index (χ2v) is 8.43. The van der Waals surface area contributed by atoms with E-state index in [4.69, 9.17) is 18.6 Å². The van der Waals surface area contributed by atoms with Crippen LogP contribution in [0.4, 0.5) is 5.69 Å². The maximum absolute atomic E-state index is 13.9. The molecule has 9 nitrogen and oxygen atoms in total. The molecule has 1 aliphatic rings. The molecular weight excluding hydrogens is 488 g/mol. The number of aliphatic hydroxyl groups excluding tert-OH is 1. The second kappa shape index (κ2) is 9.67. The fourth-order valence-corrected chi connectivity index (χ4v) is 4.58. The van der Waals surface area contributed by atoms with Crippen LogP contribution in [0, 0.1) is 11.3 Å². The summed E-state index contributed by atoms with van der Waals surface area (Å²) in [6, 6.07) is 19.0. The first kappa shape index (κ1) is 24.5. The molecule has 0 bridgehead atoms. The predicted octanol–water partition coefficient (Wildman–Crippen LogP) is 5.11. The number of fused-ring (bicyclic) bond motifs is 1. The fraction of sp³-hybridized carbons (Fsp3) is 0.138. The van der Waals surface area contributed by atoms with E-state index in [9.17, 15) is 20.0 Å². The van der Waals surface area contributed by atoms with Crippen LogP contribution < -0.4 is 19.1 Å². The standard InChI is InChI=1S/C29H22N2O7/c1-35-20-12-9-17(13-22(20)37-3)25-24(26(32)23-14-18-5-4-6-21(36-2)28(18)38-23)27(33)29(34)31(25)19-10-7-16(15-30)8-11-19/h4-14,25,33H,1-3H3. The number of carbonyl (C=O) groups excluding carboxylic acids is 2. The van der Waals surface area contributed by atoms with Gasteiger partial charge in [0.2, 0.25) is 5.78 Å². The number of nitriles is 1. The maximum Gasteiger partial charge on any atom is 0.294 e. The third-order valence-electron chi connectivity index (χ3n) is 6.40. The third kappa shape index (κ3) is 3.89. The van der Waals surface area contributed by atoms with E-state index < -0.39 is 23.5 Å². The summed E-state index contributed by atoms with van der Waals surface area (Å²) in [5.74, 6) is -0.924. The SMILES string of the molecule is COc1ccc(C2C(C(=O)c3cc4cccc(OC)c4o3)=C(O)C(=O)N2c2ccc(C#N)cc2)cc1OC. The van der Waals surface area contributed by atoms with Gasteiger partial charge in [0.1, 0.15) is 0 Å². The van der Waals surface area contributed by atoms with Gasteiger partial charge in [0.15, 0.2) is 34.4 Å². The highest BCUT2D eigenvalue weighted by atomic mass is 16.5. The molecule has 0 fully saturated rings. The molecule has 0 aliphatic carbocycles. The summed E-state index contributed by atoms with van der Waals surface area (Å²) in [4.78, 5) is 28.6. The number of Topliss-reactive ketones (excluding diaryl/α,β-unsaturated/α-hetero) is 1. The number of methoxy groups -OCH3 is 3. The molecule has 1 aromatic heterocycles. The number of hydrogen-bond acceptors (Lipinski definition) is 8. The molecule has 1 N–H and O–H groups in total. The average molecular weight is 511 g/mol. The Kier molecular flexibility index (Phi) is 6.23. The van der Waals surface area contributed by atoms with E-state index in [1.54, 1.807) is 66.7 Å². The van der Waals surface area contributed by atoms with Crippen molar-refractivity contribution in [1.29, 1.82) is 5.26 Å². The Morgan fingerprint density at radius 2 is 1.66 bits per heavy atom. The Balaban J connectivity index is 1.68. The van der Waals surface area contributed by atoms with Crippen molar-refractivity contribution in [1.82, 2.24) is 0 Å². The molecule has 1 aliphatic heterocycles. The molecule has 38 heavy (non-hydrogen) atoms. The van der Waals surface area contributed by atoms with Crippen molar-refractivity contribution in [3.63, 3.8) is 0 Å². The van der Waals surface area contributed by atoms with Crippen molar-refractivity contribution in [2.24, 2.45) is 0 Å². The maximum atomic E-state index is 13.9. The number of furan rings is 1. The molecular formula is C29H22N2O7. The normalized spacial score (nSPS) is 15.1. The summed E-state index contributed by atoms with van der Waals surface area (Å²) in [5, 5.41) is 20.9. The first-order valence-corrected chi connectivity index (χ1v) is 11.5. The summed E-state index contributed by atoms with van der Waals surface area (Å²) in [7, 11) is 4.46. The van der Waals surface area contributed by atoms with E-state index in [1.165, 1.54) is 26.2 Å². The number of aliphatic hydroxyl groups is 1. The number of ketones is 1. The van der Waals surface area contributed by atoms with Crippen molar-refractivity contribution >= 4 is 28.3 Å². The number of benzene rings is 3. The third-order valence-corrected chi connectivity index (χ3v) is 6.40. The van der Waals surface area contributed by atoms with Gasteiger partial charge in [-0.1, -0.05) is 18.2 Å². The minimum absolute atomic E-state index is 0.0639. The molecule has 5 rings (SSSR count). The Hall–Kier alpha value is -5.23. The van der Waals surface area contributed by atoms with Gasteiger partial charge in [-0.3, -0.25) is 14.5 Å². The van der Waals surface area contributed by atoms with Gasteiger partial charge < -0.3 is 23.7 Å². The van der Waals surface area contributed by atoms with Crippen LogP contribution in [-0.2, 0) is 4.79 Å². The molecule has 3 aromatic carbocycles. The van der Waals surface area contributed by atoms with Gasteiger partial charge in [-0.25, -0.2) is 0 Å². The Morgan fingerprint density at radius 1 is 0.947 bits per heavy atom. The van der Waals surface area contributed by atoms with Gasteiger partial charge in [-0.05, 0) is 54.1 Å². The number of hydrogen-bond donors (Lipinski definition) is 1. The molecule has 4 aromatic rings. The van der Waals surface area contributed by atoms with E-state index in [2.05, 4.69) is 0 Å².